The number of rotatable bonds is 1. The average molecular weight is 319 g/mol. The molecule has 0 amide bonds. The summed E-state index contributed by atoms with van der Waals surface area (Å²) in [6.07, 6.45) is -3.82. The van der Waals surface area contributed by atoms with Crippen molar-refractivity contribution in [3.63, 3.8) is 0 Å². The van der Waals surface area contributed by atoms with Gasteiger partial charge in [-0.1, -0.05) is 18.2 Å². The first-order valence-electron chi connectivity index (χ1n) is 6.99. The lowest BCUT2D eigenvalue weighted by Gasteiger charge is -2.22. The van der Waals surface area contributed by atoms with Gasteiger partial charge in [0.15, 0.2) is 0 Å². The average Bonchev–Trinajstić information content (AvgIpc) is 3.04. The molecule has 2 aromatic carbocycles. The minimum absolute atomic E-state index is 0.0130. The maximum absolute atomic E-state index is 12.6. The van der Waals surface area contributed by atoms with Gasteiger partial charge in [0, 0.05) is 6.42 Å². The molecule has 7 heteroatoms. The molecule has 0 saturated heterocycles. The third-order valence-corrected chi connectivity index (χ3v) is 3.98. The molecule has 0 spiro atoms. The number of anilines is 2. The van der Waals surface area contributed by atoms with Crippen LogP contribution in [0.25, 0.3) is 0 Å². The number of alkyl halides is 3. The third-order valence-electron chi connectivity index (χ3n) is 3.98. The molecule has 0 fully saturated rings. The van der Waals surface area contributed by atoms with Gasteiger partial charge >= 0.3 is 6.18 Å². The molecule has 0 radical (unpaired) electrons. The fourth-order valence-corrected chi connectivity index (χ4v) is 2.83. The summed E-state index contributed by atoms with van der Waals surface area (Å²) in [6.45, 7) is 0. The van der Waals surface area contributed by atoms with E-state index in [2.05, 4.69) is 5.53 Å². The van der Waals surface area contributed by atoms with Gasteiger partial charge in [-0.3, -0.25) is 5.01 Å². The molecule has 23 heavy (non-hydrogen) atoms. The molecule has 2 aliphatic rings. The quantitative estimate of drug-likeness (QED) is 0.840. The second kappa shape index (κ2) is 4.66. The third kappa shape index (κ3) is 2.12. The van der Waals surface area contributed by atoms with Gasteiger partial charge in [-0.15, -0.1) is 5.53 Å². The van der Waals surface area contributed by atoms with Crippen molar-refractivity contribution < 1.29 is 18.3 Å². The Hall–Kier alpha value is -2.67. The summed E-state index contributed by atoms with van der Waals surface area (Å²) in [7, 11) is 0. The maximum atomic E-state index is 12.6. The first-order valence-corrected chi connectivity index (χ1v) is 6.99. The van der Waals surface area contributed by atoms with Gasteiger partial charge in [-0.05, 0) is 35.9 Å². The Labute approximate surface area is 130 Å². The second-order valence-electron chi connectivity index (χ2n) is 5.39. The van der Waals surface area contributed by atoms with Gasteiger partial charge in [0.1, 0.15) is 5.70 Å². The Balaban J connectivity index is 1.65. The lowest BCUT2D eigenvalue weighted by molar-refractivity contribution is -0.137. The fourth-order valence-electron chi connectivity index (χ4n) is 2.83. The molecular weight excluding hydrogens is 307 g/mol. The van der Waals surface area contributed by atoms with Crippen molar-refractivity contribution >= 4 is 11.4 Å². The van der Waals surface area contributed by atoms with Crippen molar-refractivity contribution in [2.75, 3.05) is 10.0 Å². The maximum Gasteiger partial charge on any atom is 0.416 e. The molecule has 118 valence electrons. The molecular formula is C16H12F3N3O. The van der Waals surface area contributed by atoms with Crippen LogP contribution in [0.15, 0.2) is 60.1 Å². The minimum atomic E-state index is -4.38. The van der Waals surface area contributed by atoms with Crippen LogP contribution < -0.4 is 15.6 Å². The van der Waals surface area contributed by atoms with Crippen LogP contribution in [0, 0.1) is 0 Å². The van der Waals surface area contributed by atoms with Crippen molar-refractivity contribution in [1.29, 1.82) is 0 Å². The fraction of sp³-hybridized carbons (Fsp3) is 0.125. The zero-order valence-corrected chi connectivity index (χ0v) is 11.8. The highest BCUT2D eigenvalue weighted by molar-refractivity contribution is 5.69. The number of hydrazine groups is 2. The van der Waals surface area contributed by atoms with Crippen LogP contribution in [0.3, 0.4) is 0 Å². The number of hydrogen-bond acceptors (Lipinski definition) is 4. The summed E-state index contributed by atoms with van der Waals surface area (Å²) in [5.74, 6) is -0.0130. The van der Waals surface area contributed by atoms with Crippen molar-refractivity contribution in [1.82, 2.24) is 5.53 Å². The summed E-state index contributed by atoms with van der Waals surface area (Å²) in [5.41, 5.74) is 5.37. The Bertz CT molecular complexity index is 799. The van der Waals surface area contributed by atoms with Crippen LogP contribution in [0.5, 0.6) is 0 Å². The summed E-state index contributed by atoms with van der Waals surface area (Å²) in [5, 5.41) is 13.5. The minimum Gasteiger partial charge on any atom is -0.492 e. The van der Waals surface area contributed by atoms with E-state index in [1.165, 1.54) is 17.1 Å². The number of nitrogens with one attached hydrogen (secondary N) is 1. The van der Waals surface area contributed by atoms with Crippen molar-refractivity contribution in [3.05, 3.63) is 71.2 Å². The highest BCUT2D eigenvalue weighted by atomic mass is 19.4. The lowest BCUT2D eigenvalue weighted by Crippen LogP contribution is -2.41. The molecule has 0 saturated carbocycles. The van der Waals surface area contributed by atoms with E-state index in [1.54, 1.807) is 5.01 Å². The van der Waals surface area contributed by atoms with Gasteiger partial charge in [-0.25, -0.2) is 5.01 Å². The van der Waals surface area contributed by atoms with Crippen LogP contribution in [-0.4, -0.2) is 5.11 Å². The van der Waals surface area contributed by atoms with E-state index in [0.29, 0.717) is 17.8 Å². The lowest BCUT2D eigenvalue weighted by atomic mass is 10.1. The molecule has 4 rings (SSSR count). The molecule has 2 aliphatic heterocycles. The predicted octanol–water partition coefficient (Wildman–Crippen LogP) is 3.73. The Morgan fingerprint density at radius 3 is 2.35 bits per heavy atom. The number of para-hydroxylation sites is 1. The second-order valence-corrected chi connectivity index (χ2v) is 5.39. The van der Waals surface area contributed by atoms with E-state index in [-0.39, 0.29) is 5.88 Å². The number of nitrogens with zero attached hydrogens (tertiary/aromatic N) is 2. The van der Waals surface area contributed by atoms with Crippen LogP contribution >= 0.6 is 0 Å². The highest BCUT2D eigenvalue weighted by Gasteiger charge is 2.37. The smallest absolute Gasteiger partial charge is 0.416 e. The van der Waals surface area contributed by atoms with E-state index < -0.39 is 11.7 Å². The molecule has 0 aromatic heterocycles. The predicted molar refractivity (Wildman–Crippen MR) is 79.3 cm³/mol. The summed E-state index contributed by atoms with van der Waals surface area (Å²) < 4.78 is 37.9. The first-order chi connectivity index (χ1) is 10.9. The largest absolute Gasteiger partial charge is 0.492 e. The van der Waals surface area contributed by atoms with Gasteiger partial charge in [-0.2, -0.15) is 13.2 Å². The number of aliphatic hydroxyl groups excluding tert-OH is 1. The van der Waals surface area contributed by atoms with E-state index >= 15 is 0 Å². The SMILES string of the molecule is OC1=C2Cc3ccccc3N2NN1c1ccc(C(F)(F)F)cc1. The van der Waals surface area contributed by atoms with Crippen LogP contribution in [-0.2, 0) is 12.6 Å². The number of fused-ring (bicyclic) bond motifs is 3. The number of aliphatic hydroxyl groups is 1. The van der Waals surface area contributed by atoms with Gasteiger partial charge in [0.05, 0.1) is 16.9 Å². The van der Waals surface area contributed by atoms with Gasteiger partial charge in [0.2, 0.25) is 5.88 Å². The number of hydrogen-bond donors (Lipinski definition) is 2. The summed E-state index contributed by atoms with van der Waals surface area (Å²) in [6, 6.07) is 12.3. The van der Waals surface area contributed by atoms with Crippen LogP contribution in [0.4, 0.5) is 24.5 Å². The molecule has 2 aromatic rings. The molecule has 2 N–H and O–H groups in total. The van der Waals surface area contributed by atoms with Crippen LogP contribution in [0.2, 0.25) is 0 Å². The topological polar surface area (TPSA) is 38.7 Å². The Morgan fingerprint density at radius 2 is 1.65 bits per heavy atom. The monoisotopic (exact) mass is 319 g/mol. The number of allylic oxidation sites excluding steroid dienone is 1. The zero-order valence-electron chi connectivity index (χ0n) is 11.8. The summed E-state index contributed by atoms with van der Waals surface area (Å²) in [4.78, 5) is 0. The number of halogens is 3. The Kier molecular flexibility index (Phi) is 2.83. The van der Waals surface area contributed by atoms with Crippen molar-refractivity contribution in [2.24, 2.45) is 0 Å². The molecule has 0 atom stereocenters. The zero-order chi connectivity index (χ0) is 16.2. The highest BCUT2D eigenvalue weighted by Crippen LogP contribution is 2.39. The summed E-state index contributed by atoms with van der Waals surface area (Å²) >= 11 is 0. The van der Waals surface area contributed by atoms with Gasteiger partial charge in [0.25, 0.3) is 0 Å². The van der Waals surface area contributed by atoms with Crippen molar-refractivity contribution in [2.45, 2.75) is 12.6 Å². The van der Waals surface area contributed by atoms with Crippen LogP contribution in [0.1, 0.15) is 11.1 Å². The van der Waals surface area contributed by atoms with E-state index in [0.717, 1.165) is 23.4 Å². The molecule has 0 bridgehead atoms. The molecule has 2 heterocycles. The molecule has 0 unspecified atom stereocenters. The first kappa shape index (κ1) is 14.0. The Morgan fingerprint density at radius 1 is 0.957 bits per heavy atom. The van der Waals surface area contributed by atoms with E-state index in [9.17, 15) is 18.3 Å². The standard InChI is InChI=1S/C16H12F3N3O/c17-16(18,19)11-5-7-12(8-6-11)21-15(23)14-9-10-3-1-2-4-13(10)22(14)20-21/h1-8,20,23H,9H2. The number of benzene rings is 2. The van der Waals surface area contributed by atoms with E-state index in [4.69, 9.17) is 0 Å². The van der Waals surface area contributed by atoms with E-state index in [1.807, 2.05) is 24.3 Å². The van der Waals surface area contributed by atoms with Crippen molar-refractivity contribution in [3.8, 4) is 0 Å². The normalized spacial score (nSPS) is 16.8. The molecule has 4 nitrogen and oxygen atoms in total. The molecule has 0 aliphatic carbocycles. The van der Waals surface area contributed by atoms with Gasteiger partial charge < -0.3 is 5.11 Å².